The highest BCUT2D eigenvalue weighted by Gasteiger charge is 2.34. The normalized spacial score (nSPS) is 14.0. The molecule has 0 fully saturated rings. The standard InChI is InChI=1S/C52H62Br2N6/c1-47(2,3)29-23-33-43(57-45-27-19-21-35(49(7,8)9)55-31(27)25-37(59(33)45)51(13,14)15)39(41(29)53)40-42(54)30(48(4,5)6)24-34-44(40)58-46-28-20-22-36(50(10,11)12)56-32(28)26-38(60(34)46)52(16,17)18/h19-26H,1-18H3. The van der Waals surface area contributed by atoms with Gasteiger partial charge in [-0.2, -0.15) is 0 Å². The second-order valence-electron chi connectivity index (χ2n) is 23.3. The van der Waals surface area contributed by atoms with Crippen molar-refractivity contribution in [2.24, 2.45) is 0 Å². The second-order valence-corrected chi connectivity index (χ2v) is 24.9. The number of hydrogen-bond donors (Lipinski definition) is 0. The van der Waals surface area contributed by atoms with Crippen molar-refractivity contribution in [3.05, 3.63) is 91.4 Å². The third-order valence-corrected chi connectivity index (χ3v) is 13.7. The molecule has 6 nitrogen and oxygen atoms in total. The summed E-state index contributed by atoms with van der Waals surface area (Å²) in [5, 5.41) is 2.07. The van der Waals surface area contributed by atoms with E-state index in [2.05, 4.69) is 214 Å². The smallest absolute Gasteiger partial charge is 0.147 e. The Morgan fingerprint density at radius 1 is 0.400 bits per heavy atom. The number of benzene rings is 2. The van der Waals surface area contributed by atoms with Crippen LogP contribution in [0.4, 0.5) is 0 Å². The number of pyridine rings is 4. The molecular formula is C52H62Br2N6. The fourth-order valence-electron chi connectivity index (χ4n) is 8.65. The summed E-state index contributed by atoms with van der Waals surface area (Å²) < 4.78 is 6.88. The van der Waals surface area contributed by atoms with Gasteiger partial charge in [-0.05, 0) is 102 Å². The second kappa shape index (κ2) is 13.3. The Kier molecular flexibility index (Phi) is 9.50. The number of nitrogens with zero attached hydrogens (tertiary/aromatic N) is 6. The van der Waals surface area contributed by atoms with E-state index in [0.29, 0.717) is 0 Å². The van der Waals surface area contributed by atoms with Crippen molar-refractivity contribution in [3.8, 4) is 11.1 Å². The lowest BCUT2D eigenvalue weighted by molar-refractivity contribution is 0.562. The zero-order valence-corrected chi connectivity index (χ0v) is 42.2. The summed E-state index contributed by atoms with van der Waals surface area (Å²) in [7, 11) is 0. The summed E-state index contributed by atoms with van der Waals surface area (Å²) in [5.41, 5.74) is 15.7. The Labute approximate surface area is 373 Å². The largest absolute Gasteiger partial charge is 0.295 e. The Balaban J connectivity index is 1.64. The van der Waals surface area contributed by atoms with Crippen molar-refractivity contribution in [3.63, 3.8) is 0 Å². The summed E-state index contributed by atoms with van der Waals surface area (Å²) in [6, 6.07) is 18.1. The lowest BCUT2D eigenvalue weighted by atomic mass is 9.82. The summed E-state index contributed by atoms with van der Waals surface area (Å²) in [6.07, 6.45) is 0. The van der Waals surface area contributed by atoms with Gasteiger partial charge in [-0.15, -0.1) is 0 Å². The van der Waals surface area contributed by atoms with Crippen LogP contribution < -0.4 is 0 Å². The summed E-state index contributed by atoms with van der Waals surface area (Å²) in [4.78, 5) is 22.1. The topological polar surface area (TPSA) is 60.4 Å². The van der Waals surface area contributed by atoms with Crippen LogP contribution in [0.15, 0.2) is 57.5 Å². The van der Waals surface area contributed by atoms with E-state index in [1.165, 1.54) is 22.5 Å². The third kappa shape index (κ3) is 6.78. The molecule has 314 valence electrons. The maximum absolute atomic E-state index is 5.73. The van der Waals surface area contributed by atoms with E-state index in [9.17, 15) is 0 Å². The molecule has 0 N–H and O–H groups in total. The van der Waals surface area contributed by atoms with Crippen LogP contribution in [0, 0.1) is 0 Å². The van der Waals surface area contributed by atoms with Crippen LogP contribution in [0.1, 0.15) is 159 Å². The zero-order chi connectivity index (χ0) is 44.2. The number of imidazole rings is 2. The van der Waals surface area contributed by atoms with Crippen LogP contribution in [0.5, 0.6) is 0 Å². The molecule has 60 heavy (non-hydrogen) atoms. The summed E-state index contributed by atoms with van der Waals surface area (Å²) in [5.74, 6) is 0. The Morgan fingerprint density at radius 2 is 0.733 bits per heavy atom. The maximum Gasteiger partial charge on any atom is 0.147 e. The van der Waals surface area contributed by atoms with Gasteiger partial charge in [0.1, 0.15) is 11.3 Å². The highest BCUT2D eigenvalue weighted by molar-refractivity contribution is 9.11. The average Bonchev–Trinajstić information content (AvgIpc) is 3.67. The van der Waals surface area contributed by atoms with Gasteiger partial charge in [0.2, 0.25) is 0 Å². The van der Waals surface area contributed by atoms with Crippen molar-refractivity contribution in [2.75, 3.05) is 0 Å². The van der Waals surface area contributed by atoms with E-state index in [4.69, 9.17) is 19.9 Å². The van der Waals surface area contributed by atoms with Gasteiger partial charge in [-0.3, -0.25) is 18.8 Å². The van der Waals surface area contributed by atoms with Crippen molar-refractivity contribution < 1.29 is 0 Å². The van der Waals surface area contributed by atoms with Crippen LogP contribution >= 0.6 is 31.9 Å². The minimum absolute atomic E-state index is 0.0884. The Hall–Kier alpha value is -3.88. The SMILES string of the molecule is CC(C)(C)c1ccc2c(cc(C(C)(C)C)n3c4cc(C(C)(C)C)c(Br)c(-c5c(Br)c(C(C)(C)C)cc6c5nc5c7ccc(C(C)(C)C)nc7cc(C(C)(C)C)n65)c4nc23)n1. The van der Waals surface area contributed by atoms with Crippen molar-refractivity contribution in [1.82, 2.24) is 28.7 Å². The maximum atomic E-state index is 5.73. The van der Waals surface area contributed by atoms with Gasteiger partial charge in [0, 0.05) is 75.3 Å². The molecule has 0 radical (unpaired) electrons. The molecule has 0 atom stereocenters. The molecule has 8 rings (SSSR count). The van der Waals surface area contributed by atoms with Gasteiger partial charge in [0.15, 0.2) is 0 Å². The van der Waals surface area contributed by atoms with E-state index in [0.717, 1.165) is 86.6 Å². The number of hydrogen-bond acceptors (Lipinski definition) is 4. The van der Waals surface area contributed by atoms with Gasteiger partial charge in [-0.25, -0.2) is 9.97 Å². The molecule has 0 saturated heterocycles. The monoisotopic (exact) mass is 928 g/mol. The fourth-order valence-corrected chi connectivity index (χ4v) is 10.8. The molecule has 0 saturated carbocycles. The van der Waals surface area contributed by atoms with Crippen molar-refractivity contribution in [2.45, 2.75) is 157 Å². The quantitative estimate of drug-likeness (QED) is 0.165. The van der Waals surface area contributed by atoms with E-state index < -0.39 is 0 Å². The van der Waals surface area contributed by atoms with Gasteiger partial charge < -0.3 is 0 Å². The molecule has 0 aliphatic carbocycles. The molecule has 0 aliphatic heterocycles. The lowest BCUT2D eigenvalue weighted by Crippen LogP contribution is -2.18. The van der Waals surface area contributed by atoms with Crippen LogP contribution in [-0.2, 0) is 32.5 Å². The van der Waals surface area contributed by atoms with Crippen LogP contribution in [0.25, 0.3) is 66.3 Å². The summed E-state index contributed by atoms with van der Waals surface area (Å²) >= 11 is 8.59. The van der Waals surface area contributed by atoms with Crippen LogP contribution in [0.3, 0.4) is 0 Å². The number of halogens is 2. The predicted molar refractivity (Wildman–Crippen MR) is 263 cm³/mol. The molecule has 2 aromatic carbocycles. The number of aromatic nitrogens is 6. The molecule has 0 bridgehead atoms. The molecular weight excluding hydrogens is 868 g/mol. The molecule has 8 aromatic rings. The Morgan fingerprint density at radius 3 is 1.02 bits per heavy atom. The highest BCUT2D eigenvalue weighted by atomic mass is 79.9. The highest BCUT2D eigenvalue weighted by Crippen LogP contribution is 2.51. The van der Waals surface area contributed by atoms with E-state index in [1.807, 2.05) is 0 Å². The molecule has 0 amide bonds. The van der Waals surface area contributed by atoms with Gasteiger partial charge in [-0.1, -0.05) is 125 Å². The molecule has 8 heteroatoms. The molecule has 6 aromatic heterocycles. The predicted octanol–water partition coefficient (Wildman–Crippen LogP) is 15.4. The van der Waals surface area contributed by atoms with Crippen LogP contribution in [-0.4, -0.2) is 28.7 Å². The number of rotatable bonds is 1. The van der Waals surface area contributed by atoms with Crippen LogP contribution in [0.2, 0.25) is 0 Å². The van der Waals surface area contributed by atoms with Crippen molar-refractivity contribution in [1.29, 1.82) is 0 Å². The van der Waals surface area contributed by atoms with Gasteiger partial charge >= 0.3 is 0 Å². The fraction of sp³-hybridized carbons (Fsp3) is 0.462. The van der Waals surface area contributed by atoms with E-state index >= 15 is 0 Å². The summed E-state index contributed by atoms with van der Waals surface area (Å²) in [6.45, 7) is 40.9. The molecule has 0 spiro atoms. The first-order chi connectivity index (χ1) is 27.4. The zero-order valence-electron chi connectivity index (χ0n) is 39.1. The van der Waals surface area contributed by atoms with E-state index in [-0.39, 0.29) is 32.5 Å². The van der Waals surface area contributed by atoms with Gasteiger partial charge in [0.05, 0.1) is 33.1 Å². The third-order valence-electron chi connectivity index (χ3n) is 12.1. The minimum atomic E-state index is -0.207. The molecule has 6 heterocycles. The lowest BCUT2D eigenvalue weighted by Gasteiger charge is -2.27. The first-order valence-corrected chi connectivity index (χ1v) is 23.0. The average molecular weight is 931 g/mol. The number of fused-ring (bicyclic) bond motifs is 10. The van der Waals surface area contributed by atoms with Gasteiger partial charge in [0.25, 0.3) is 0 Å². The molecule has 0 unspecified atom stereocenters. The Bertz CT molecular complexity index is 2890. The first-order valence-electron chi connectivity index (χ1n) is 21.4. The van der Waals surface area contributed by atoms with E-state index in [1.54, 1.807) is 0 Å². The minimum Gasteiger partial charge on any atom is -0.295 e. The first kappa shape index (κ1) is 42.8. The van der Waals surface area contributed by atoms with Crippen molar-refractivity contribution >= 4 is 87.0 Å². The molecule has 0 aliphatic rings.